The number of halogens is 2. The van der Waals surface area contributed by atoms with Crippen molar-refractivity contribution < 1.29 is 18.7 Å². The largest absolute Gasteiger partial charge is 0.389 e. The average molecular weight is 348 g/mol. The molecule has 6 heteroatoms. The van der Waals surface area contributed by atoms with Gasteiger partial charge in [-0.05, 0) is 31.5 Å². The molecule has 1 amide bonds. The Balaban J connectivity index is 2.07. The third-order valence-electron chi connectivity index (χ3n) is 3.43. The zero-order valence-electron chi connectivity index (χ0n) is 14.3. The normalized spacial score (nSPS) is 11.6. The molecule has 0 aliphatic heterocycles. The second-order valence-corrected chi connectivity index (χ2v) is 6.62. The standard InChI is InChI=1S/C19H22F2N2O2/c1-19(2,25)13-23(11-14-6-4-3-5-7-14)12-18(24)22-17-10-15(20)8-9-16(17)21/h3-10,25H,11-13H2,1-2H3,(H,22,24). The van der Waals surface area contributed by atoms with Gasteiger partial charge in [0.25, 0.3) is 0 Å². The lowest BCUT2D eigenvalue weighted by Crippen LogP contribution is -2.42. The van der Waals surface area contributed by atoms with Crippen molar-refractivity contribution in [1.82, 2.24) is 4.90 Å². The first kappa shape index (κ1) is 19.0. The molecule has 0 heterocycles. The van der Waals surface area contributed by atoms with Gasteiger partial charge in [0, 0.05) is 19.2 Å². The average Bonchev–Trinajstić information content (AvgIpc) is 2.50. The highest BCUT2D eigenvalue weighted by Crippen LogP contribution is 2.16. The van der Waals surface area contributed by atoms with Crippen LogP contribution < -0.4 is 5.32 Å². The fourth-order valence-electron chi connectivity index (χ4n) is 2.54. The van der Waals surface area contributed by atoms with E-state index >= 15 is 0 Å². The number of benzene rings is 2. The molecule has 0 fully saturated rings. The molecular weight excluding hydrogens is 326 g/mol. The van der Waals surface area contributed by atoms with Gasteiger partial charge in [-0.2, -0.15) is 0 Å². The first-order valence-corrected chi connectivity index (χ1v) is 7.96. The van der Waals surface area contributed by atoms with E-state index in [1.54, 1.807) is 18.7 Å². The summed E-state index contributed by atoms with van der Waals surface area (Å²) in [4.78, 5) is 14.0. The lowest BCUT2D eigenvalue weighted by molar-refractivity contribution is -0.118. The zero-order chi connectivity index (χ0) is 18.4. The predicted molar refractivity (Wildman–Crippen MR) is 93.0 cm³/mol. The Morgan fingerprint density at radius 3 is 2.48 bits per heavy atom. The highest BCUT2D eigenvalue weighted by atomic mass is 19.1. The molecule has 0 aliphatic rings. The number of carbonyl (C=O) groups is 1. The molecule has 2 aromatic rings. The Labute approximate surface area is 146 Å². The van der Waals surface area contributed by atoms with E-state index in [4.69, 9.17) is 0 Å². The van der Waals surface area contributed by atoms with Crippen molar-refractivity contribution in [2.24, 2.45) is 0 Å². The Morgan fingerprint density at radius 1 is 1.16 bits per heavy atom. The summed E-state index contributed by atoms with van der Waals surface area (Å²) in [5, 5.41) is 12.4. The fourth-order valence-corrected chi connectivity index (χ4v) is 2.54. The van der Waals surface area contributed by atoms with Gasteiger partial charge in [-0.15, -0.1) is 0 Å². The van der Waals surface area contributed by atoms with E-state index in [0.717, 1.165) is 23.8 Å². The van der Waals surface area contributed by atoms with E-state index in [9.17, 15) is 18.7 Å². The van der Waals surface area contributed by atoms with Crippen LogP contribution in [0.15, 0.2) is 48.5 Å². The Morgan fingerprint density at radius 2 is 1.84 bits per heavy atom. The lowest BCUT2D eigenvalue weighted by Gasteiger charge is -2.28. The van der Waals surface area contributed by atoms with E-state index in [1.807, 2.05) is 30.3 Å². The monoisotopic (exact) mass is 348 g/mol. The summed E-state index contributed by atoms with van der Waals surface area (Å²) in [6.45, 7) is 3.93. The number of anilines is 1. The van der Waals surface area contributed by atoms with E-state index in [2.05, 4.69) is 5.32 Å². The van der Waals surface area contributed by atoms with Crippen LogP contribution in [0.1, 0.15) is 19.4 Å². The number of nitrogens with one attached hydrogen (secondary N) is 1. The zero-order valence-corrected chi connectivity index (χ0v) is 14.3. The van der Waals surface area contributed by atoms with Crippen LogP contribution in [0.25, 0.3) is 0 Å². The molecule has 0 saturated heterocycles. The Bertz CT molecular complexity index is 715. The lowest BCUT2D eigenvalue weighted by atomic mass is 10.1. The predicted octanol–water partition coefficient (Wildman–Crippen LogP) is 3.18. The van der Waals surface area contributed by atoms with Crippen molar-refractivity contribution in [3.8, 4) is 0 Å². The number of rotatable bonds is 7. The maximum absolute atomic E-state index is 13.7. The minimum Gasteiger partial charge on any atom is -0.389 e. The van der Waals surface area contributed by atoms with Crippen LogP contribution in [-0.4, -0.2) is 34.6 Å². The number of hydrogen-bond donors (Lipinski definition) is 2. The van der Waals surface area contributed by atoms with Gasteiger partial charge in [0.15, 0.2) is 0 Å². The highest BCUT2D eigenvalue weighted by molar-refractivity contribution is 5.92. The second kappa shape index (κ2) is 8.18. The number of amides is 1. The van der Waals surface area contributed by atoms with Crippen LogP contribution in [0, 0.1) is 11.6 Å². The third-order valence-corrected chi connectivity index (χ3v) is 3.43. The van der Waals surface area contributed by atoms with Gasteiger partial charge < -0.3 is 10.4 Å². The molecule has 0 unspecified atom stereocenters. The van der Waals surface area contributed by atoms with E-state index < -0.39 is 23.1 Å². The molecule has 0 aliphatic carbocycles. The van der Waals surface area contributed by atoms with E-state index in [1.165, 1.54) is 0 Å². The summed E-state index contributed by atoms with van der Waals surface area (Å²) in [6, 6.07) is 12.4. The summed E-state index contributed by atoms with van der Waals surface area (Å²) < 4.78 is 26.9. The number of hydrogen-bond acceptors (Lipinski definition) is 3. The molecule has 4 nitrogen and oxygen atoms in total. The smallest absolute Gasteiger partial charge is 0.238 e. The third kappa shape index (κ3) is 6.60. The topological polar surface area (TPSA) is 52.6 Å². The molecule has 0 aromatic heterocycles. The molecule has 0 bridgehead atoms. The van der Waals surface area contributed by atoms with Gasteiger partial charge in [-0.1, -0.05) is 30.3 Å². The van der Waals surface area contributed by atoms with Crippen molar-refractivity contribution >= 4 is 11.6 Å². The number of carbonyl (C=O) groups excluding carboxylic acids is 1. The van der Waals surface area contributed by atoms with Crippen LogP contribution in [-0.2, 0) is 11.3 Å². The van der Waals surface area contributed by atoms with Crippen LogP contribution in [0.3, 0.4) is 0 Å². The van der Waals surface area contributed by atoms with E-state index in [0.29, 0.717) is 6.54 Å². The molecule has 0 radical (unpaired) electrons. The Hall–Kier alpha value is -2.31. The highest BCUT2D eigenvalue weighted by Gasteiger charge is 2.21. The van der Waals surface area contributed by atoms with Crippen molar-refractivity contribution in [2.75, 3.05) is 18.4 Å². The quantitative estimate of drug-likeness (QED) is 0.808. The summed E-state index contributed by atoms with van der Waals surface area (Å²) >= 11 is 0. The van der Waals surface area contributed by atoms with Gasteiger partial charge in [-0.25, -0.2) is 8.78 Å². The van der Waals surface area contributed by atoms with E-state index in [-0.39, 0.29) is 18.8 Å². The van der Waals surface area contributed by atoms with Gasteiger partial charge in [-0.3, -0.25) is 9.69 Å². The van der Waals surface area contributed by atoms with Crippen molar-refractivity contribution in [2.45, 2.75) is 26.0 Å². The number of nitrogens with zero attached hydrogens (tertiary/aromatic N) is 1. The molecule has 134 valence electrons. The van der Waals surface area contributed by atoms with Gasteiger partial charge >= 0.3 is 0 Å². The van der Waals surface area contributed by atoms with Crippen molar-refractivity contribution in [3.05, 3.63) is 65.7 Å². The summed E-state index contributed by atoms with van der Waals surface area (Å²) in [5.74, 6) is -1.81. The SMILES string of the molecule is CC(C)(O)CN(CC(=O)Nc1cc(F)ccc1F)Cc1ccccc1. The van der Waals surface area contributed by atoms with Crippen molar-refractivity contribution in [3.63, 3.8) is 0 Å². The minimum atomic E-state index is -1.00. The summed E-state index contributed by atoms with van der Waals surface area (Å²) in [7, 11) is 0. The summed E-state index contributed by atoms with van der Waals surface area (Å²) in [5.41, 5.74) is -0.219. The van der Waals surface area contributed by atoms with Gasteiger partial charge in [0.1, 0.15) is 11.6 Å². The van der Waals surface area contributed by atoms with Gasteiger partial charge in [0.05, 0.1) is 17.8 Å². The molecule has 2 N–H and O–H groups in total. The van der Waals surface area contributed by atoms with Crippen LogP contribution in [0.5, 0.6) is 0 Å². The van der Waals surface area contributed by atoms with Crippen LogP contribution >= 0.6 is 0 Å². The Kier molecular flexibility index (Phi) is 6.22. The molecule has 0 atom stereocenters. The molecule has 25 heavy (non-hydrogen) atoms. The molecular formula is C19H22F2N2O2. The van der Waals surface area contributed by atoms with Crippen molar-refractivity contribution in [1.29, 1.82) is 0 Å². The molecule has 0 spiro atoms. The first-order valence-electron chi connectivity index (χ1n) is 7.96. The fraction of sp³-hybridized carbons (Fsp3) is 0.316. The summed E-state index contributed by atoms with van der Waals surface area (Å²) in [6.07, 6.45) is 0. The minimum absolute atomic E-state index is 0.0607. The van der Waals surface area contributed by atoms with Gasteiger partial charge in [0.2, 0.25) is 5.91 Å². The molecule has 2 rings (SSSR count). The van der Waals surface area contributed by atoms with Crippen LogP contribution in [0.4, 0.5) is 14.5 Å². The molecule has 0 saturated carbocycles. The second-order valence-electron chi connectivity index (χ2n) is 6.62. The molecule has 2 aromatic carbocycles. The maximum atomic E-state index is 13.7. The first-order chi connectivity index (χ1) is 11.7. The number of aliphatic hydroxyl groups is 1. The van der Waals surface area contributed by atoms with Crippen LogP contribution in [0.2, 0.25) is 0 Å². The maximum Gasteiger partial charge on any atom is 0.238 e.